The number of nitrogens with zero attached hydrogens (tertiary/aromatic N) is 2. The van der Waals surface area contributed by atoms with E-state index in [9.17, 15) is 18.9 Å². The minimum Gasteiger partial charge on any atom is -0.612 e. The second kappa shape index (κ2) is 13.9. The number of rotatable bonds is 7. The summed E-state index contributed by atoms with van der Waals surface area (Å²) in [6.45, 7) is 6.29. The van der Waals surface area contributed by atoms with Crippen molar-refractivity contribution in [2.24, 2.45) is 0 Å². The Hall–Kier alpha value is -3.51. The Kier molecular flexibility index (Phi) is 10.4. The zero-order chi connectivity index (χ0) is 31.3. The lowest BCUT2D eigenvalue weighted by molar-refractivity contribution is 0.0126. The fraction of sp³-hybridized carbons (Fsp3) is 0.333. The van der Waals surface area contributed by atoms with Crippen LogP contribution in [0.2, 0.25) is 10.0 Å². The van der Waals surface area contributed by atoms with Gasteiger partial charge in [0.1, 0.15) is 29.5 Å². The number of piperidine rings is 1. The van der Waals surface area contributed by atoms with Crippen molar-refractivity contribution in [1.29, 1.82) is 0 Å². The van der Waals surface area contributed by atoms with Crippen LogP contribution in [0, 0.1) is 0 Å². The smallest absolute Gasteiger partial charge is 0.410 e. The molecule has 1 aromatic heterocycles. The van der Waals surface area contributed by atoms with E-state index in [1.54, 1.807) is 35.2 Å². The Balaban J connectivity index is 1.52. The highest BCUT2D eigenvalue weighted by Gasteiger charge is 2.29. The maximum atomic E-state index is 13.6. The van der Waals surface area contributed by atoms with Crippen molar-refractivity contribution >= 4 is 63.8 Å². The summed E-state index contributed by atoms with van der Waals surface area (Å²) in [6, 6.07) is 12.3. The molecule has 0 bridgehead atoms. The third kappa shape index (κ3) is 8.99. The van der Waals surface area contributed by atoms with Crippen LogP contribution in [0.15, 0.2) is 59.6 Å². The highest BCUT2D eigenvalue weighted by atomic mass is 35.5. The summed E-state index contributed by atoms with van der Waals surface area (Å²) in [5.41, 5.74) is -0.0914. The van der Waals surface area contributed by atoms with Crippen molar-refractivity contribution in [3.05, 3.63) is 75.9 Å². The average molecular weight is 648 g/mol. The normalized spacial score (nSPS) is 14.5. The fourth-order valence-electron chi connectivity index (χ4n) is 4.27. The van der Waals surface area contributed by atoms with Gasteiger partial charge in [0.05, 0.1) is 21.8 Å². The maximum absolute atomic E-state index is 13.6. The van der Waals surface area contributed by atoms with Crippen molar-refractivity contribution in [3.8, 4) is 5.75 Å². The minimum atomic E-state index is -1.32. The van der Waals surface area contributed by atoms with Gasteiger partial charge in [0, 0.05) is 43.2 Å². The number of likely N-dealkylation sites (tertiary alicyclic amines) is 1. The van der Waals surface area contributed by atoms with Crippen LogP contribution in [0.25, 0.3) is 0 Å². The number of anilines is 2. The second-order valence-corrected chi connectivity index (χ2v) is 13.1. The van der Waals surface area contributed by atoms with E-state index in [0.717, 1.165) is 0 Å². The largest absolute Gasteiger partial charge is 0.612 e. The lowest BCUT2D eigenvalue weighted by Crippen LogP contribution is -2.44. The molecule has 2 aromatic carbocycles. The van der Waals surface area contributed by atoms with E-state index < -0.39 is 28.6 Å². The van der Waals surface area contributed by atoms with Gasteiger partial charge < -0.3 is 29.6 Å². The molecule has 3 aromatic rings. The molecular formula is C30H32Cl2N4O6S. The summed E-state index contributed by atoms with van der Waals surface area (Å²) in [5, 5.41) is 6.15. The lowest BCUT2D eigenvalue weighted by Gasteiger charge is -2.33. The van der Waals surface area contributed by atoms with Gasteiger partial charge in [0.2, 0.25) is 0 Å². The van der Waals surface area contributed by atoms with Crippen LogP contribution in [-0.4, -0.2) is 63.4 Å². The zero-order valence-corrected chi connectivity index (χ0v) is 26.4. The quantitative estimate of drug-likeness (QED) is 0.283. The van der Waals surface area contributed by atoms with E-state index in [1.165, 1.54) is 30.7 Å². The van der Waals surface area contributed by atoms with Gasteiger partial charge in [-0.25, -0.2) is 9.78 Å². The van der Waals surface area contributed by atoms with Gasteiger partial charge >= 0.3 is 6.09 Å². The molecule has 1 aliphatic rings. The molecule has 1 fully saturated rings. The standard InChI is InChI=1S/C30H32Cl2N4O6S/c1-30(2,3)42-29(39)36-13-11-20(12-14-36)41-25-16-21(43(4)40)7-8-22(25)27(37)34-24-9-5-18(31)15-23(24)28(38)35-26-10-6-19(32)17-33-26/h5-10,15-17,20H,11-14H2,1-4H3,(H,34,37)(H,33,35,38). The van der Waals surface area contributed by atoms with E-state index in [0.29, 0.717) is 40.9 Å². The molecular weight excluding hydrogens is 615 g/mol. The van der Waals surface area contributed by atoms with Gasteiger partial charge in [-0.1, -0.05) is 23.2 Å². The van der Waals surface area contributed by atoms with Crippen LogP contribution in [0.5, 0.6) is 5.75 Å². The number of halogens is 2. The summed E-state index contributed by atoms with van der Waals surface area (Å²) in [7, 11) is 0. The molecule has 1 atom stereocenters. The molecule has 228 valence electrons. The number of benzene rings is 2. The molecule has 2 N–H and O–H groups in total. The number of hydrogen-bond donors (Lipinski definition) is 2. The molecule has 3 amide bonds. The predicted molar refractivity (Wildman–Crippen MR) is 167 cm³/mol. The lowest BCUT2D eigenvalue weighted by atomic mass is 10.1. The van der Waals surface area contributed by atoms with Crippen LogP contribution in [0.4, 0.5) is 16.3 Å². The molecule has 0 radical (unpaired) electrons. The molecule has 10 nitrogen and oxygen atoms in total. The van der Waals surface area contributed by atoms with Gasteiger partial charge in [0.15, 0.2) is 4.90 Å². The number of amides is 3. The highest BCUT2D eigenvalue weighted by Crippen LogP contribution is 2.29. The number of aromatic nitrogens is 1. The van der Waals surface area contributed by atoms with Crippen molar-refractivity contribution in [1.82, 2.24) is 9.88 Å². The summed E-state index contributed by atoms with van der Waals surface area (Å²) < 4.78 is 24.0. The summed E-state index contributed by atoms with van der Waals surface area (Å²) >= 11 is 10.7. The maximum Gasteiger partial charge on any atom is 0.410 e. The predicted octanol–water partition coefficient (Wildman–Crippen LogP) is 6.41. The first-order chi connectivity index (χ1) is 20.3. The number of pyridine rings is 1. The monoisotopic (exact) mass is 646 g/mol. The Labute approximate surface area is 263 Å². The number of carbonyl (C=O) groups is 3. The first kappa shape index (κ1) is 32.4. The third-order valence-corrected chi connectivity index (χ3v) is 7.74. The fourth-order valence-corrected chi connectivity index (χ4v) is 5.08. The Morgan fingerprint density at radius 2 is 1.63 bits per heavy atom. The van der Waals surface area contributed by atoms with E-state index in [-0.39, 0.29) is 40.6 Å². The van der Waals surface area contributed by atoms with Crippen LogP contribution >= 0.6 is 23.2 Å². The number of ether oxygens (including phenoxy) is 2. The molecule has 4 rings (SSSR count). The van der Waals surface area contributed by atoms with Crippen molar-refractivity contribution in [3.63, 3.8) is 0 Å². The van der Waals surface area contributed by atoms with Crippen molar-refractivity contribution in [2.45, 2.75) is 50.2 Å². The highest BCUT2D eigenvalue weighted by molar-refractivity contribution is 7.90. The molecule has 43 heavy (non-hydrogen) atoms. The molecule has 13 heteroatoms. The van der Waals surface area contributed by atoms with Crippen LogP contribution in [0.3, 0.4) is 0 Å². The summed E-state index contributed by atoms with van der Waals surface area (Å²) in [5.74, 6) is -0.581. The third-order valence-electron chi connectivity index (χ3n) is 6.36. The molecule has 2 heterocycles. The molecule has 1 saturated heterocycles. The van der Waals surface area contributed by atoms with E-state index in [2.05, 4.69) is 15.6 Å². The Morgan fingerprint density at radius 1 is 0.953 bits per heavy atom. The van der Waals surface area contributed by atoms with Crippen molar-refractivity contribution in [2.75, 3.05) is 30.0 Å². The van der Waals surface area contributed by atoms with Crippen molar-refractivity contribution < 1.29 is 28.4 Å². The molecule has 0 aliphatic carbocycles. The Bertz CT molecular complexity index is 1490. The topological polar surface area (TPSA) is 133 Å². The van der Waals surface area contributed by atoms with Gasteiger partial charge in [-0.15, -0.1) is 0 Å². The SMILES string of the molecule is C[S+]([O-])c1ccc(C(=O)Nc2ccc(Cl)cc2C(=O)Nc2ccc(Cl)cn2)c(OC2CCN(C(=O)OC(C)(C)C)CC2)c1. The number of nitrogens with one attached hydrogen (secondary N) is 2. The molecule has 0 spiro atoms. The van der Waals surface area contributed by atoms with Gasteiger partial charge in [-0.05, 0) is 74.4 Å². The minimum absolute atomic E-state index is 0.112. The van der Waals surface area contributed by atoms with Gasteiger partial charge in [-0.2, -0.15) is 0 Å². The van der Waals surface area contributed by atoms with Crippen LogP contribution in [0.1, 0.15) is 54.3 Å². The number of carbonyl (C=O) groups excluding carboxylic acids is 3. The van der Waals surface area contributed by atoms with Gasteiger partial charge in [-0.3, -0.25) is 9.59 Å². The zero-order valence-electron chi connectivity index (χ0n) is 24.1. The molecule has 1 aliphatic heterocycles. The first-order valence-corrected chi connectivity index (χ1v) is 15.8. The summed E-state index contributed by atoms with van der Waals surface area (Å²) in [6.07, 6.45) is 3.28. The van der Waals surface area contributed by atoms with Gasteiger partial charge in [0.25, 0.3) is 11.8 Å². The first-order valence-electron chi connectivity index (χ1n) is 13.4. The van der Waals surface area contributed by atoms with Crippen LogP contribution < -0.4 is 15.4 Å². The number of hydrogen-bond acceptors (Lipinski definition) is 7. The summed E-state index contributed by atoms with van der Waals surface area (Å²) in [4.78, 5) is 45.3. The van der Waals surface area contributed by atoms with E-state index in [1.807, 2.05) is 20.8 Å². The van der Waals surface area contributed by atoms with Crippen LogP contribution in [-0.2, 0) is 15.9 Å². The molecule has 0 saturated carbocycles. The second-order valence-electron chi connectivity index (χ2n) is 10.9. The van der Waals surface area contributed by atoms with E-state index >= 15 is 0 Å². The van der Waals surface area contributed by atoms with E-state index in [4.69, 9.17) is 32.7 Å². The average Bonchev–Trinajstić information content (AvgIpc) is 2.94. The molecule has 1 unspecified atom stereocenters. The Morgan fingerprint density at radius 3 is 2.26 bits per heavy atom.